The predicted octanol–water partition coefficient (Wildman–Crippen LogP) is -1.84. The number of rotatable bonds is 3. The Morgan fingerprint density at radius 1 is 1.12 bits per heavy atom. The van der Waals surface area contributed by atoms with E-state index in [-0.39, 0.29) is 6.61 Å². The van der Waals surface area contributed by atoms with Crippen molar-refractivity contribution in [3.63, 3.8) is 0 Å². The van der Waals surface area contributed by atoms with E-state index in [1.54, 1.807) is 0 Å². The van der Waals surface area contributed by atoms with Crippen LogP contribution in [0.1, 0.15) is 0 Å². The highest BCUT2D eigenvalue weighted by molar-refractivity contribution is 4.93. The highest BCUT2D eigenvalue weighted by Gasteiger charge is 2.32. The van der Waals surface area contributed by atoms with Crippen LogP contribution in [0.3, 0.4) is 0 Å². The van der Waals surface area contributed by atoms with Crippen LogP contribution in [0.5, 0.6) is 0 Å². The van der Waals surface area contributed by atoms with Crippen molar-refractivity contribution in [2.24, 2.45) is 0 Å². The van der Waals surface area contributed by atoms with Crippen LogP contribution in [0.25, 0.3) is 0 Å². The van der Waals surface area contributed by atoms with Crippen molar-refractivity contribution in [2.45, 2.75) is 12.1 Å². The fourth-order valence-corrected chi connectivity index (χ4v) is 2.81. The fourth-order valence-electron chi connectivity index (χ4n) is 2.81. The van der Waals surface area contributed by atoms with Crippen LogP contribution in [0.4, 0.5) is 0 Å². The van der Waals surface area contributed by atoms with E-state index < -0.39 is 0 Å². The molecule has 2 heterocycles. The van der Waals surface area contributed by atoms with Crippen molar-refractivity contribution in [3.8, 4) is 0 Å². The average Bonchev–Trinajstić information content (AvgIpc) is 2.31. The Morgan fingerprint density at radius 3 is 2.50 bits per heavy atom. The van der Waals surface area contributed by atoms with E-state index in [0.29, 0.717) is 12.1 Å². The molecule has 2 aliphatic rings. The quantitative estimate of drug-likeness (QED) is 0.530. The molecule has 0 aliphatic carbocycles. The van der Waals surface area contributed by atoms with E-state index in [2.05, 4.69) is 27.5 Å². The number of piperazine rings is 2. The van der Waals surface area contributed by atoms with Gasteiger partial charge in [0.2, 0.25) is 0 Å². The summed E-state index contributed by atoms with van der Waals surface area (Å²) >= 11 is 0. The summed E-state index contributed by atoms with van der Waals surface area (Å²) in [5.74, 6) is 0. The third kappa shape index (κ3) is 2.73. The Morgan fingerprint density at radius 2 is 1.81 bits per heavy atom. The minimum absolute atomic E-state index is 0.264. The van der Waals surface area contributed by atoms with Gasteiger partial charge in [0.1, 0.15) is 0 Å². The lowest BCUT2D eigenvalue weighted by Gasteiger charge is -2.45. The molecule has 0 aromatic rings. The van der Waals surface area contributed by atoms with E-state index in [1.807, 2.05) is 0 Å². The van der Waals surface area contributed by atoms with E-state index in [0.717, 1.165) is 45.8 Å². The number of hydrogen-bond donors (Lipinski definition) is 3. The van der Waals surface area contributed by atoms with Crippen LogP contribution in [-0.2, 0) is 0 Å². The third-order valence-electron chi connectivity index (χ3n) is 3.79. The highest BCUT2D eigenvalue weighted by atomic mass is 16.3. The highest BCUT2D eigenvalue weighted by Crippen LogP contribution is 2.13. The molecule has 2 aliphatic heterocycles. The van der Waals surface area contributed by atoms with Gasteiger partial charge in [-0.05, 0) is 7.05 Å². The molecule has 0 spiro atoms. The summed E-state index contributed by atoms with van der Waals surface area (Å²) in [6.45, 7) is 7.47. The van der Waals surface area contributed by atoms with Gasteiger partial charge in [0, 0.05) is 57.9 Å². The van der Waals surface area contributed by atoms with Gasteiger partial charge in [-0.2, -0.15) is 0 Å². The molecule has 0 bridgehead atoms. The number of likely N-dealkylation sites (N-methyl/N-ethyl adjacent to an activating group) is 1. The largest absolute Gasteiger partial charge is 0.395 e. The molecule has 0 radical (unpaired) electrons. The molecule has 0 aromatic heterocycles. The number of hydrogen-bond acceptors (Lipinski definition) is 5. The van der Waals surface area contributed by atoms with Crippen LogP contribution in [0, 0.1) is 0 Å². The smallest absolute Gasteiger partial charge is 0.0558 e. The van der Waals surface area contributed by atoms with Gasteiger partial charge in [-0.25, -0.2) is 0 Å². The van der Waals surface area contributed by atoms with Crippen molar-refractivity contribution >= 4 is 0 Å². The summed E-state index contributed by atoms with van der Waals surface area (Å²) < 4.78 is 0. The summed E-state index contributed by atoms with van der Waals surface area (Å²) in [7, 11) is 2.21. The maximum atomic E-state index is 9.11. The van der Waals surface area contributed by atoms with Gasteiger partial charge >= 0.3 is 0 Å². The molecule has 0 amide bonds. The van der Waals surface area contributed by atoms with Gasteiger partial charge < -0.3 is 15.7 Å². The first-order valence-electron chi connectivity index (χ1n) is 6.29. The third-order valence-corrected chi connectivity index (χ3v) is 3.79. The molecule has 5 heteroatoms. The Balaban J connectivity index is 1.97. The second-order valence-electron chi connectivity index (χ2n) is 4.78. The SMILES string of the molecule is CN1CCNCC1C1CNCCN1CCO. The van der Waals surface area contributed by atoms with Crippen LogP contribution in [-0.4, -0.2) is 86.5 Å². The topological polar surface area (TPSA) is 50.8 Å². The molecule has 2 unspecified atom stereocenters. The summed E-state index contributed by atoms with van der Waals surface area (Å²) in [6.07, 6.45) is 0. The van der Waals surface area contributed by atoms with Gasteiger partial charge in [-0.1, -0.05) is 0 Å². The van der Waals surface area contributed by atoms with Gasteiger partial charge in [-0.15, -0.1) is 0 Å². The number of β-amino-alcohol motifs (C(OH)–C–C–N with tert-alkyl or cyclic N) is 1. The molecular formula is C11H24N4O. The Hall–Kier alpha value is -0.200. The fraction of sp³-hybridized carbons (Fsp3) is 1.00. The maximum absolute atomic E-state index is 9.11. The molecule has 2 atom stereocenters. The molecule has 5 nitrogen and oxygen atoms in total. The minimum Gasteiger partial charge on any atom is -0.395 e. The Kier molecular flexibility index (Phi) is 4.55. The zero-order valence-electron chi connectivity index (χ0n) is 10.2. The number of nitrogens with one attached hydrogen (secondary N) is 2. The van der Waals surface area contributed by atoms with E-state index in [4.69, 9.17) is 5.11 Å². The lowest BCUT2D eigenvalue weighted by atomic mass is 10.0. The summed E-state index contributed by atoms with van der Waals surface area (Å²) in [5, 5.41) is 16.0. The number of nitrogens with zero attached hydrogens (tertiary/aromatic N) is 2. The molecule has 16 heavy (non-hydrogen) atoms. The van der Waals surface area contributed by atoms with Crippen molar-refractivity contribution in [3.05, 3.63) is 0 Å². The van der Waals surface area contributed by atoms with Crippen molar-refractivity contribution in [1.29, 1.82) is 0 Å². The summed E-state index contributed by atoms with van der Waals surface area (Å²) in [6, 6.07) is 1.09. The van der Waals surface area contributed by atoms with E-state index >= 15 is 0 Å². The Bertz CT molecular complexity index is 212. The second kappa shape index (κ2) is 5.93. The van der Waals surface area contributed by atoms with Crippen LogP contribution in [0.2, 0.25) is 0 Å². The van der Waals surface area contributed by atoms with Gasteiger partial charge in [0.05, 0.1) is 6.61 Å². The van der Waals surface area contributed by atoms with Crippen LogP contribution >= 0.6 is 0 Å². The molecule has 2 saturated heterocycles. The first kappa shape index (κ1) is 12.3. The van der Waals surface area contributed by atoms with Crippen LogP contribution < -0.4 is 10.6 Å². The zero-order chi connectivity index (χ0) is 11.4. The monoisotopic (exact) mass is 228 g/mol. The van der Waals surface area contributed by atoms with Gasteiger partial charge in [-0.3, -0.25) is 9.80 Å². The van der Waals surface area contributed by atoms with Crippen molar-refractivity contribution in [2.75, 3.05) is 59.5 Å². The second-order valence-corrected chi connectivity index (χ2v) is 4.78. The normalized spacial score (nSPS) is 34.1. The molecule has 3 N–H and O–H groups in total. The maximum Gasteiger partial charge on any atom is 0.0558 e. The first-order chi connectivity index (χ1) is 7.83. The van der Waals surface area contributed by atoms with Crippen molar-refractivity contribution in [1.82, 2.24) is 20.4 Å². The molecule has 2 rings (SSSR count). The van der Waals surface area contributed by atoms with Crippen molar-refractivity contribution < 1.29 is 5.11 Å². The molecule has 2 fully saturated rings. The summed E-state index contributed by atoms with van der Waals surface area (Å²) in [4.78, 5) is 4.86. The zero-order valence-corrected chi connectivity index (χ0v) is 10.2. The van der Waals surface area contributed by atoms with Gasteiger partial charge in [0.25, 0.3) is 0 Å². The number of aliphatic hydroxyl groups is 1. The number of aliphatic hydroxyl groups excluding tert-OH is 1. The molecule has 94 valence electrons. The predicted molar refractivity (Wildman–Crippen MR) is 64.6 cm³/mol. The summed E-state index contributed by atoms with van der Waals surface area (Å²) in [5.41, 5.74) is 0. The van der Waals surface area contributed by atoms with Gasteiger partial charge in [0.15, 0.2) is 0 Å². The van der Waals surface area contributed by atoms with E-state index in [1.165, 1.54) is 0 Å². The van der Waals surface area contributed by atoms with Crippen LogP contribution in [0.15, 0.2) is 0 Å². The lowest BCUT2D eigenvalue weighted by molar-refractivity contribution is 0.0495. The minimum atomic E-state index is 0.264. The van der Waals surface area contributed by atoms with E-state index in [9.17, 15) is 0 Å². The first-order valence-corrected chi connectivity index (χ1v) is 6.29. The molecule has 0 aromatic carbocycles. The molecule has 0 saturated carbocycles. The molecular weight excluding hydrogens is 204 g/mol. The standard InChI is InChI=1S/C11H24N4O/c1-14-4-2-12-8-10(14)11-9-13-3-5-15(11)6-7-16/h10-13,16H,2-9H2,1H3. The Labute approximate surface area is 97.8 Å². The lowest BCUT2D eigenvalue weighted by Crippen LogP contribution is -2.65. The average molecular weight is 228 g/mol.